The van der Waals surface area contributed by atoms with Crippen LogP contribution in [-0.2, 0) is 16.1 Å². The lowest BCUT2D eigenvalue weighted by atomic mass is 10.2. The number of ether oxygens (including phenoxy) is 1. The van der Waals surface area contributed by atoms with Crippen LogP contribution in [0.25, 0.3) is 0 Å². The van der Waals surface area contributed by atoms with Gasteiger partial charge in [-0.3, -0.25) is 4.79 Å². The molecule has 1 aromatic rings. The summed E-state index contributed by atoms with van der Waals surface area (Å²) in [7, 11) is 1.42. The second kappa shape index (κ2) is 9.39. The zero-order chi connectivity index (χ0) is 14.1. The highest BCUT2D eigenvalue weighted by Crippen LogP contribution is 2.27. The molecule has 0 aromatic heterocycles. The van der Waals surface area contributed by atoms with Crippen LogP contribution in [0.15, 0.2) is 27.6 Å². The van der Waals surface area contributed by atoms with Crippen molar-refractivity contribution in [3.05, 3.63) is 28.2 Å². The monoisotopic (exact) mass is 345 g/mol. The molecule has 0 saturated carbocycles. The number of halogens is 1. The van der Waals surface area contributed by atoms with Crippen molar-refractivity contribution in [2.75, 3.05) is 19.4 Å². The topological polar surface area (TPSA) is 38.3 Å². The van der Waals surface area contributed by atoms with E-state index in [2.05, 4.69) is 45.0 Å². The van der Waals surface area contributed by atoms with Crippen molar-refractivity contribution in [3.8, 4) is 0 Å². The van der Waals surface area contributed by atoms with Gasteiger partial charge in [0.1, 0.15) is 0 Å². The second-order valence-corrected chi connectivity index (χ2v) is 6.16. The Morgan fingerprint density at radius 2 is 2.26 bits per heavy atom. The lowest BCUT2D eigenvalue weighted by Crippen LogP contribution is -2.14. The summed E-state index contributed by atoms with van der Waals surface area (Å²) >= 11 is 5.18. The number of benzene rings is 1. The number of nitrogens with one attached hydrogen (secondary N) is 1. The van der Waals surface area contributed by atoms with Crippen molar-refractivity contribution < 1.29 is 9.53 Å². The Morgan fingerprint density at radius 1 is 1.47 bits per heavy atom. The van der Waals surface area contributed by atoms with Gasteiger partial charge in [0.15, 0.2) is 0 Å². The molecular formula is C14H20BrNO2S. The van der Waals surface area contributed by atoms with Crippen molar-refractivity contribution in [2.24, 2.45) is 0 Å². The highest BCUT2D eigenvalue weighted by molar-refractivity contribution is 9.10. The van der Waals surface area contributed by atoms with Crippen LogP contribution in [0.5, 0.6) is 0 Å². The molecule has 3 nitrogen and oxygen atoms in total. The van der Waals surface area contributed by atoms with Gasteiger partial charge in [0, 0.05) is 21.7 Å². The van der Waals surface area contributed by atoms with Crippen LogP contribution in [0.4, 0.5) is 0 Å². The van der Waals surface area contributed by atoms with Gasteiger partial charge < -0.3 is 10.1 Å². The SMILES string of the molecule is CCCNCc1ccc(Br)cc1SCCC(=O)OC. The highest BCUT2D eigenvalue weighted by atomic mass is 79.9. The molecule has 1 N–H and O–H groups in total. The number of rotatable bonds is 8. The smallest absolute Gasteiger partial charge is 0.306 e. The molecule has 0 amide bonds. The average molecular weight is 346 g/mol. The van der Waals surface area contributed by atoms with E-state index in [0.29, 0.717) is 6.42 Å². The maximum absolute atomic E-state index is 11.1. The van der Waals surface area contributed by atoms with E-state index >= 15 is 0 Å². The first-order valence-corrected chi connectivity index (χ1v) is 8.14. The van der Waals surface area contributed by atoms with Crippen LogP contribution < -0.4 is 5.32 Å². The number of esters is 1. The first kappa shape index (κ1) is 16.5. The normalized spacial score (nSPS) is 10.5. The van der Waals surface area contributed by atoms with Crippen molar-refractivity contribution in [3.63, 3.8) is 0 Å². The standard InChI is InChI=1S/C14H20BrNO2S/c1-3-7-16-10-11-4-5-12(15)9-13(11)19-8-6-14(17)18-2/h4-5,9,16H,3,6-8,10H2,1-2H3. The average Bonchev–Trinajstić information content (AvgIpc) is 2.41. The molecule has 0 aliphatic rings. The number of carbonyl (C=O) groups excluding carboxylic acids is 1. The largest absolute Gasteiger partial charge is 0.469 e. The maximum Gasteiger partial charge on any atom is 0.306 e. The third kappa shape index (κ3) is 6.45. The molecule has 0 saturated heterocycles. The van der Waals surface area contributed by atoms with E-state index in [9.17, 15) is 4.79 Å². The summed E-state index contributed by atoms with van der Waals surface area (Å²) in [6.45, 7) is 4.03. The zero-order valence-electron chi connectivity index (χ0n) is 11.4. The van der Waals surface area contributed by atoms with Gasteiger partial charge in [-0.15, -0.1) is 11.8 Å². The van der Waals surface area contributed by atoms with Crippen LogP contribution in [-0.4, -0.2) is 25.4 Å². The van der Waals surface area contributed by atoms with E-state index in [0.717, 1.165) is 29.7 Å². The molecule has 106 valence electrons. The number of hydrogen-bond donors (Lipinski definition) is 1. The van der Waals surface area contributed by atoms with Gasteiger partial charge in [0.25, 0.3) is 0 Å². The summed E-state index contributed by atoms with van der Waals surface area (Å²) in [6, 6.07) is 6.27. The number of carbonyl (C=O) groups is 1. The maximum atomic E-state index is 11.1. The fourth-order valence-electron chi connectivity index (χ4n) is 1.56. The minimum absolute atomic E-state index is 0.159. The lowest BCUT2D eigenvalue weighted by Gasteiger charge is -2.10. The molecule has 1 rings (SSSR count). The minimum Gasteiger partial charge on any atom is -0.469 e. The Kier molecular flexibility index (Phi) is 8.18. The van der Waals surface area contributed by atoms with Gasteiger partial charge in [0.2, 0.25) is 0 Å². The molecule has 0 heterocycles. The van der Waals surface area contributed by atoms with Crippen molar-refractivity contribution in [1.29, 1.82) is 0 Å². The Labute approximate surface area is 127 Å². The number of methoxy groups -OCH3 is 1. The molecule has 19 heavy (non-hydrogen) atoms. The van der Waals surface area contributed by atoms with Crippen LogP contribution in [0.2, 0.25) is 0 Å². The molecule has 0 bridgehead atoms. The van der Waals surface area contributed by atoms with Crippen LogP contribution in [0.3, 0.4) is 0 Å². The van der Waals surface area contributed by atoms with Crippen molar-refractivity contribution >= 4 is 33.7 Å². The fraction of sp³-hybridized carbons (Fsp3) is 0.500. The molecule has 5 heteroatoms. The summed E-state index contributed by atoms with van der Waals surface area (Å²) in [5, 5.41) is 3.40. The van der Waals surface area contributed by atoms with Gasteiger partial charge in [-0.1, -0.05) is 28.9 Å². The molecule has 0 spiro atoms. The molecule has 0 unspecified atom stereocenters. The van der Waals surface area contributed by atoms with E-state index in [-0.39, 0.29) is 5.97 Å². The first-order valence-electron chi connectivity index (χ1n) is 6.36. The van der Waals surface area contributed by atoms with Gasteiger partial charge in [-0.05, 0) is 30.7 Å². The fourth-order valence-corrected chi connectivity index (χ4v) is 3.09. The van der Waals surface area contributed by atoms with Gasteiger partial charge >= 0.3 is 5.97 Å². The van der Waals surface area contributed by atoms with Crippen molar-refractivity contribution in [1.82, 2.24) is 5.32 Å². The predicted molar refractivity (Wildman–Crippen MR) is 83.5 cm³/mol. The Bertz CT molecular complexity index is 412. The minimum atomic E-state index is -0.159. The molecule has 0 atom stereocenters. The van der Waals surface area contributed by atoms with E-state index in [1.54, 1.807) is 11.8 Å². The van der Waals surface area contributed by atoms with E-state index in [1.807, 2.05) is 6.07 Å². The second-order valence-electron chi connectivity index (χ2n) is 4.10. The third-order valence-corrected chi connectivity index (χ3v) is 4.16. The van der Waals surface area contributed by atoms with E-state index in [1.165, 1.54) is 17.6 Å². The predicted octanol–water partition coefficient (Wildman–Crippen LogP) is 3.60. The van der Waals surface area contributed by atoms with Gasteiger partial charge in [-0.2, -0.15) is 0 Å². The summed E-state index contributed by atoms with van der Waals surface area (Å²) in [5.74, 6) is 0.581. The molecule has 0 radical (unpaired) electrons. The third-order valence-electron chi connectivity index (χ3n) is 2.56. The van der Waals surface area contributed by atoms with Crippen molar-refractivity contribution in [2.45, 2.75) is 31.2 Å². The summed E-state index contributed by atoms with van der Waals surface area (Å²) in [6.07, 6.45) is 1.57. The van der Waals surface area contributed by atoms with Crippen LogP contribution in [0.1, 0.15) is 25.3 Å². The summed E-state index contributed by atoms with van der Waals surface area (Å²) in [4.78, 5) is 12.3. The number of thioether (sulfide) groups is 1. The molecule has 1 aromatic carbocycles. The highest BCUT2D eigenvalue weighted by Gasteiger charge is 2.06. The lowest BCUT2D eigenvalue weighted by molar-refractivity contribution is -0.140. The zero-order valence-corrected chi connectivity index (χ0v) is 13.8. The van der Waals surface area contributed by atoms with Crippen LogP contribution >= 0.6 is 27.7 Å². The van der Waals surface area contributed by atoms with E-state index in [4.69, 9.17) is 0 Å². The van der Waals surface area contributed by atoms with Crippen LogP contribution in [0, 0.1) is 0 Å². The Balaban J connectivity index is 2.57. The van der Waals surface area contributed by atoms with Gasteiger partial charge in [-0.25, -0.2) is 0 Å². The van der Waals surface area contributed by atoms with Gasteiger partial charge in [0.05, 0.1) is 13.5 Å². The Hall–Kier alpha value is -0.520. The first-order chi connectivity index (χ1) is 9.17. The molecule has 0 aliphatic carbocycles. The summed E-state index contributed by atoms with van der Waals surface area (Å²) < 4.78 is 5.71. The quantitative estimate of drug-likeness (QED) is 0.443. The molecular weight excluding hydrogens is 326 g/mol. The number of hydrogen-bond acceptors (Lipinski definition) is 4. The Morgan fingerprint density at radius 3 is 2.95 bits per heavy atom. The summed E-state index contributed by atoms with van der Waals surface area (Å²) in [5.41, 5.74) is 1.27. The van der Waals surface area contributed by atoms with E-state index < -0.39 is 0 Å². The molecule has 0 fully saturated rings. The molecule has 0 aliphatic heterocycles.